The number of guanidine groups is 1. The van der Waals surface area contributed by atoms with E-state index in [0.29, 0.717) is 25.7 Å². The largest absolute Gasteiger partial charge is 0.493 e. The maximum Gasteiger partial charge on any atom is 0.195 e. The third kappa shape index (κ3) is 8.44. The van der Waals surface area contributed by atoms with Gasteiger partial charge in [0.1, 0.15) is 11.6 Å². The summed E-state index contributed by atoms with van der Waals surface area (Å²) in [6, 6.07) is 12.1. The molecule has 3 rings (SSSR count). The van der Waals surface area contributed by atoms with Crippen molar-refractivity contribution in [2.75, 3.05) is 70.8 Å². The van der Waals surface area contributed by atoms with Gasteiger partial charge >= 0.3 is 0 Å². The lowest BCUT2D eigenvalue weighted by Crippen LogP contribution is -2.44. The summed E-state index contributed by atoms with van der Waals surface area (Å²) in [5.41, 5.74) is 2.09. The SMILES string of the molecule is CN=C(NCc1ccnc(N2CCN(C)CC2)c1)Nc1cccc(OCCCOC)c1.I. The Morgan fingerprint density at radius 1 is 1.12 bits per heavy atom. The Bertz CT molecular complexity index is 843. The molecular formula is C23H35IN6O2. The Morgan fingerprint density at radius 2 is 1.94 bits per heavy atom. The minimum absolute atomic E-state index is 0. The highest BCUT2D eigenvalue weighted by atomic mass is 127. The van der Waals surface area contributed by atoms with Gasteiger partial charge in [-0.15, -0.1) is 24.0 Å². The summed E-state index contributed by atoms with van der Waals surface area (Å²) < 4.78 is 10.8. The smallest absolute Gasteiger partial charge is 0.195 e. The highest BCUT2D eigenvalue weighted by Crippen LogP contribution is 2.18. The molecule has 1 aromatic heterocycles. The van der Waals surface area contributed by atoms with Crippen molar-refractivity contribution in [2.24, 2.45) is 4.99 Å². The Morgan fingerprint density at radius 3 is 2.69 bits per heavy atom. The van der Waals surface area contributed by atoms with Crippen molar-refractivity contribution < 1.29 is 9.47 Å². The van der Waals surface area contributed by atoms with Crippen LogP contribution in [-0.4, -0.2) is 76.4 Å². The van der Waals surface area contributed by atoms with Gasteiger partial charge in [-0.1, -0.05) is 6.07 Å². The third-order valence-corrected chi connectivity index (χ3v) is 5.18. The van der Waals surface area contributed by atoms with Gasteiger partial charge in [-0.05, 0) is 36.9 Å². The number of halogens is 1. The molecule has 0 aliphatic carbocycles. The second kappa shape index (κ2) is 14.1. The molecule has 0 spiro atoms. The molecule has 0 amide bonds. The van der Waals surface area contributed by atoms with Gasteiger partial charge < -0.3 is 29.9 Å². The van der Waals surface area contributed by atoms with Crippen molar-refractivity contribution in [1.29, 1.82) is 0 Å². The number of hydrogen-bond acceptors (Lipinski definition) is 6. The summed E-state index contributed by atoms with van der Waals surface area (Å²) >= 11 is 0. The number of benzene rings is 1. The number of hydrogen-bond donors (Lipinski definition) is 2. The molecule has 1 aliphatic rings. The quantitative estimate of drug-likeness (QED) is 0.214. The zero-order valence-electron chi connectivity index (χ0n) is 19.2. The van der Waals surface area contributed by atoms with E-state index in [2.05, 4.69) is 43.5 Å². The fourth-order valence-electron chi connectivity index (χ4n) is 3.34. The molecule has 0 saturated carbocycles. The van der Waals surface area contributed by atoms with Gasteiger partial charge in [0.2, 0.25) is 0 Å². The van der Waals surface area contributed by atoms with Gasteiger partial charge in [0.25, 0.3) is 0 Å². The molecule has 1 aliphatic heterocycles. The lowest BCUT2D eigenvalue weighted by molar-refractivity contribution is 0.172. The lowest BCUT2D eigenvalue weighted by atomic mass is 10.2. The predicted octanol–water partition coefficient (Wildman–Crippen LogP) is 3.05. The number of nitrogens with zero attached hydrogens (tertiary/aromatic N) is 4. The van der Waals surface area contributed by atoms with Crippen LogP contribution in [0.25, 0.3) is 0 Å². The molecule has 9 heteroatoms. The van der Waals surface area contributed by atoms with E-state index in [1.54, 1.807) is 14.2 Å². The zero-order chi connectivity index (χ0) is 21.9. The van der Waals surface area contributed by atoms with Crippen molar-refractivity contribution in [2.45, 2.75) is 13.0 Å². The van der Waals surface area contributed by atoms with Crippen LogP contribution in [0.15, 0.2) is 47.6 Å². The van der Waals surface area contributed by atoms with E-state index in [1.807, 2.05) is 36.5 Å². The molecule has 0 unspecified atom stereocenters. The number of likely N-dealkylation sites (N-methyl/N-ethyl adjacent to an activating group) is 1. The zero-order valence-corrected chi connectivity index (χ0v) is 21.5. The Labute approximate surface area is 208 Å². The van der Waals surface area contributed by atoms with Crippen molar-refractivity contribution in [1.82, 2.24) is 15.2 Å². The van der Waals surface area contributed by atoms with E-state index in [1.165, 1.54) is 5.56 Å². The Balaban J connectivity index is 0.00000363. The maximum absolute atomic E-state index is 5.78. The molecule has 1 saturated heterocycles. The van der Waals surface area contributed by atoms with Gasteiger partial charge in [0.05, 0.1) is 6.61 Å². The summed E-state index contributed by atoms with van der Waals surface area (Å²) in [6.07, 6.45) is 2.74. The third-order valence-electron chi connectivity index (χ3n) is 5.18. The molecule has 0 atom stereocenters. The number of anilines is 2. The van der Waals surface area contributed by atoms with E-state index in [4.69, 9.17) is 9.47 Å². The first-order chi connectivity index (χ1) is 15.2. The Kier molecular flexibility index (Phi) is 11.5. The lowest BCUT2D eigenvalue weighted by Gasteiger charge is -2.33. The molecule has 0 radical (unpaired) electrons. The number of nitrogens with one attached hydrogen (secondary N) is 2. The first-order valence-electron chi connectivity index (χ1n) is 10.8. The number of rotatable bonds is 9. The van der Waals surface area contributed by atoms with E-state index in [-0.39, 0.29) is 24.0 Å². The summed E-state index contributed by atoms with van der Waals surface area (Å²) in [6.45, 7) is 6.13. The van der Waals surface area contributed by atoms with Crippen LogP contribution in [0.4, 0.5) is 11.5 Å². The van der Waals surface area contributed by atoms with Gasteiger partial charge in [-0.25, -0.2) is 4.98 Å². The maximum atomic E-state index is 5.78. The van der Waals surface area contributed by atoms with Crippen LogP contribution in [0, 0.1) is 0 Å². The molecule has 32 heavy (non-hydrogen) atoms. The van der Waals surface area contributed by atoms with Crippen LogP contribution in [0.3, 0.4) is 0 Å². The van der Waals surface area contributed by atoms with Crippen molar-refractivity contribution in [3.63, 3.8) is 0 Å². The van der Waals surface area contributed by atoms with Gasteiger partial charge in [-0.2, -0.15) is 0 Å². The molecule has 2 N–H and O–H groups in total. The molecule has 2 heterocycles. The second-order valence-electron chi connectivity index (χ2n) is 7.59. The van der Waals surface area contributed by atoms with Crippen LogP contribution < -0.4 is 20.3 Å². The van der Waals surface area contributed by atoms with Crippen LogP contribution in [0.1, 0.15) is 12.0 Å². The average molecular weight is 554 g/mol. The predicted molar refractivity (Wildman–Crippen MR) is 142 cm³/mol. The highest BCUT2D eigenvalue weighted by molar-refractivity contribution is 14.0. The number of aromatic nitrogens is 1. The minimum atomic E-state index is 0. The van der Waals surface area contributed by atoms with E-state index in [9.17, 15) is 0 Å². The standard InChI is InChI=1S/C23H34N6O2.HI/c1-24-23(27-20-6-4-7-21(17-20)31-15-5-14-30-3)26-18-19-8-9-25-22(16-19)29-12-10-28(2)11-13-29;/h4,6-9,16-17H,5,10-15,18H2,1-3H3,(H2,24,26,27);1H. The van der Waals surface area contributed by atoms with Crippen LogP contribution in [0.2, 0.25) is 0 Å². The van der Waals surface area contributed by atoms with Crippen molar-refractivity contribution in [3.8, 4) is 5.75 Å². The van der Waals surface area contributed by atoms with E-state index in [0.717, 1.165) is 49.9 Å². The van der Waals surface area contributed by atoms with Gasteiger partial charge in [-0.3, -0.25) is 4.99 Å². The first-order valence-corrected chi connectivity index (χ1v) is 10.8. The Hall–Kier alpha value is -2.11. The second-order valence-corrected chi connectivity index (χ2v) is 7.59. The number of methoxy groups -OCH3 is 1. The summed E-state index contributed by atoms with van der Waals surface area (Å²) in [5.74, 6) is 2.56. The van der Waals surface area contributed by atoms with Crippen LogP contribution >= 0.6 is 24.0 Å². The molecule has 1 fully saturated rings. The topological polar surface area (TPSA) is 74.3 Å². The van der Waals surface area contributed by atoms with Crippen molar-refractivity contribution in [3.05, 3.63) is 48.2 Å². The van der Waals surface area contributed by atoms with E-state index < -0.39 is 0 Å². The molecule has 2 aromatic rings. The van der Waals surface area contributed by atoms with Crippen molar-refractivity contribution >= 4 is 41.4 Å². The summed E-state index contributed by atoms with van der Waals surface area (Å²) in [7, 11) is 5.62. The van der Waals surface area contributed by atoms with E-state index >= 15 is 0 Å². The first kappa shape index (κ1) is 26.1. The highest BCUT2D eigenvalue weighted by Gasteiger charge is 2.15. The van der Waals surface area contributed by atoms with Crippen LogP contribution in [-0.2, 0) is 11.3 Å². The fourth-order valence-corrected chi connectivity index (χ4v) is 3.34. The van der Waals surface area contributed by atoms with Crippen LogP contribution in [0.5, 0.6) is 5.75 Å². The van der Waals surface area contributed by atoms with Gasteiger partial charge in [0.15, 0.2) is 5.96 Å². The fraction of sp³-hybridized carbons (Fsp3) is 0.478. The molecule has 8 nitrogen and oxygen atoms in total. The molecular weight excluding hydrogens is 519 g/mol. The summed E-state index contributed by atoms with van der Waals surface area (Å²) in [4.78, 5) is 13.6. The number of piperazine rings is 1. The minimum Gasteiger partial charge on any atom is -0.493 e. The normalized spacial score (nSPS) is 14.6. The molecule has 176 valence electrons. The number of ether oxygens (including phenoxy) is 2. The number of pyridine rings is 1. The summed E-state index contributed by atoms with van der Waals surface area (Å²) in [5, 5.41) is 6.70. The average Bonchev–Trinajstić information content (AvgIpc) is 2.80. The van der Waals surface area contributed by atoms with Gasteiger partial charge in [0, 0.05) is 77.9 Å². The number of aliphatic imine (C=N–C) groups is 1. The monoisotopic (exact) mass is 554 g/mol. The molecule has 0 bridgehead atoms. The molecule has 1 aromatic carbocycles.